The first-order valence-corrected chi connectivity index (χ1v) is 2.04. The van der Waals surface area contributed by atoms with E-state index in [1.807, 2.05) is 0 Å². The minimum atomic E-state index is -0.218. The number of hydrogen-bond donors (Lipinski definition) is 0. The third-order valence-corrected chi connectivity index (χ3v) is 0.608. The molecule has 34 valence electrons. The van der Waals surface area contributed by atoms with Gasteiger partial charge < -0.3 is 0 Å². The highest BCUT2D eigenvalue weighted by Gasteiger charge is 1.85. The molecule has 0 saturated heterocycles. The summed E-state index contributed by atoms with van der Waals surface area (Å²) in [6.07, 6.45) is 0.420. The summed E-state index contributed by atoms with van der Waals surface area (Å²) in [7, 11) is 0. The quantitative estimate of drug-likeness (QED) is 0.487. The van der Waals surface area contributed by atoms with E-state index in [2.05, 4.69) is 16.8 Å². The lowest BCUT2D eigenvalue weighted by Gasteiger charge is -1.72. The molecule has 1 amide bonds. The van der Waals surface area contributed by atoms with E-state index >= 15 is 0 Å². The molecule has 0 radical (unpaired) electrons. The van der Waals surface area contributed by atoms with Gasteiger partial charge in [0.1, 0.15) is 0 Å². The Labute approximate surface area is 41.7 Å². The standard InChI is InChI=1S/C3H5NOS/c1-2-3(5)4-6/h2H2,1H3. The average Bonchev–Trinajstić information content (AvgIpc) is 1.65. The van der Waals surface area contributed by atoms with Crippen LogP contribution in [0.5, 0.6) is 0 Å². The van der Waals surface area contributed by atoms with Crippen molar-refractivity contribution in [1.82, 2.24) is 0 Å². The van der Waals surface area contributed by atoms with Crippen molar-refractivity contribution >= 4 is 18.3 Å². The van der Waals surface area contributed by atoms with Crippen molar-refractivity contribution in [3.05, 3.63) is 0 Å². The van der Waals surface area contributed by atoms with Gasteiger partial charge in [-0.25, -0.2) is 0 Å². The molecule has 0 spiro atoms. The van der Waals surface area contributed by atoms with Gasteiger partial charge in [-0.1, -0.05) is 6.92 Å². The van der Waals surface area contributed by atoms with Crippen molar-refractivity contribution in [3.63, 3.8) is 0 Å². The van der Waals surface area contributed by atoms with Crippen LogP contribution in [-0.2, 0) is 17.2 Å². The lowest BCUT2D eigenvalue weighted by atomic mass is 10.5. The lowest BCUT2D eigenvalue weighted by molar-refractivity contribution is -0.117. The Bertz CT molecular complexity index is 71.2. The highest BCUT2D eigenvalue weighted by molar-refractivity contribution is 7.47. The summed E-state index contributed by atoms with van der Waals surface area (Å²) < 4.78 is 2.95. The van der Waals surface area contributed by atoms with E-state index in [1.165, 1.54) is 0 Å². The molecule has 0 rings (SSSR count). The van der Waals surface area contributed by atoms with Gasteiger partial charge in [0, 0.05) is 18.8 Å². The molecule has 2 nitrogen and oxygen atoms in total. The van der Waals surface area contributed by atoms with Crippen LogP contribution in [0.2, 0.25) is 0 Å². The number of rotatable bonds is 1. The maximum atomic E-state index is 9.91. The van der Waals surface area contributed by atoms with Crippen molar-refractivity contribution in [2.45, 2.75) is 13.3 Å². The summed E-state index contributed by atoms with van der Waals surface area (Å²) in [4.78, 5) is 9.91. The second-order valence-corrected chi connectivity index (χ2v) is 1.02. The molecule has 0 aliphatic rings. The molecule has 3 heteroatoms. The van der Waals surface area contributed by atoms with Gasteiger partial charge >= 0.3 is 0 Å². The molecule has 0 atom stereocenters. The van der Waals surface area contributed by atoms with Gasteiger partial charge in [-0.3, -0.25) is 4.79 Å². The molecular weight excluding hydrogens is 98.1 g/mol. The Morgan fingerprint density at radius 3 is 2.50 bits per heavy atom. The summed E-state index contributed by atoms with van der Waals surface area (Å²) in [6, 6.07) is 0. The highest BCUT2D eigenvalue weighted by atomic mass is 32.1. The Morgan fingerprint density at radius 2 is 2.50 bits per heavy atom. The fourth-order valence-electron chi connectivity index (χ4n) is 0.0645. The molecule has 0 aliphatic carbocycles. The second-order valence-electron chi connectivity index (χ2n) is 0.839. The van der Waals surface area contributed by atoms with E-state index in [9.17, 15) is 4.79 Å². The van der Waals surface area contributed by atoms with E-state index in [-0.39, 0.29) is 5.91 Å². The Balaban J connectivity index is 3.23. The molecule has 0 unspecified atom stereocenters. The largest absolute Gasteiger partial charge is 0.272 e. The summed E-state index contributed by atoms with van der Waals surface area (Å²) >= 11 is 4.05. The molecule has 6 heavy (non-hydrogen) atoms. The third-order valence-electron chi connectivity index (χ3n) is 0.404. The zero-order valence-corrected chi connectivity index (χ0v) is 4.29. The van der Waals surface area contributed by atoms with Gasteiger partial charge in [0.15, 0.2) is 0 Å². The normalized spacial score (nSPS) is 7.50. The fraction of sp³-hybridized carbons (Fsp3) is 0.667. The van der Waals surface area contributed by atoms with Crippen LogP contribution < -0.4 is 0 Å². The SMILES string of the molecule is CCC(=O)N=S. The monoisotopic (exact) mass is 103 g/mol. The number of carbonyl (C=O) groups excluding carboxylic acids is 1. The van der Waals surface area contributed by atoms with Crippen LogP contribution in [0, 0.1) is 0 Å². The van der Waals surface area contributed by atoms with E-state index in [0.717, 1.165) is 0 Å². The average molecular weight is 103 g/mol. The van der Waals surface area contributed by atoms with Crippen molar-refractivity contribution in [1.29, 1.82) is 0 Å². The number of amides is 1. The van der Waals surface area contributed by atoms with E-state index < -0.39 is 0 Å². The van der Waals surface area contributed by atoms with Crippen LogP contribution in [0.3, 0.4) is 0 Å². The van der Waals surface area contributed by atoms with Gasteiger partial charge in [0.05, 0.1) is 0 Å². The molecule has 0 fully saturated rings. The van der Waals surface area contributed by atoms with E-state index in [0.29, 0.717) is 6.42 Å². The molecule has 0 saturated carbocycles. The van der Waals surface area contributed by atoms with Gasteiger partial charge in [-0.2, -0.15) is 0 Å². The van der Waals surface area contributed by atoms with Crippen LogP contribution in [0.4, 0.5) is 0 Å². The maximum Gasteiger partial charge on any atom is 0.256 e. The zero-order valence-electron chi connectivity index (χ0n) is 3.47. The third kappa shape index (κ3) is 1.96. The smallest absolute Gasteiger partial charge is 0.256 e. The topological polar surface area (TPSA) is 29.4 Å². The van der Waals surface area contributed by atoms with Crippen molar-refractivity contribution in [2.75, 3.05) is 0 Å². The van der Waals surface area contributed by atoms with Crippen molar-refractivity contribution in [3.8, 4) is 0 Å². The Hall–Kier alpha value is -0.310. The minimum Gasteiger partial charge on any atom is -0.272 e. The Morgan fingerprint density at radius 1 is 2.00 bits per heavy atom. The van der Waals surface area contributed by atoms with Crippen LogP contribution in [0.25, 0.3) is 0 Å². The highest BCUT2D eigenvalue weighted by Crippen LogP contribution is 1.76. The van der Waals surface area contributed by atoms with Crippen LogP contribution in [0.1, 0.15) is 13.3 Å². The molecule has 0 heterocycles. The van der Waals surface area contributed by atoms with Gasteiger partial charge in [0.2, 0.25) is 0 Å². The minimum absolute atomic E-state index is 0.218. The Kier molecular flexibility index (Phi) is 2.75. The molecule has 0 N–H and O–H groups in total. The predicted molar refractivity (Wildman–Crippen MR) is 25.1 cm³/mol. The van der Waals surface area contributed by atoms with Gasteiger partial charge in [0.25, 0.3) is 5.91 Å². The summed E-state index contributed by atoms with van der Waals surface area (Å²) in [5.74, 6) is -0.218. The van der Waals surface area contributed by atoms with E-state index in [4.69, 9.17) is 0 Å². The number of hydrogen-bond acceptors (Lipinski definition) is 2. The van der Waals surface area contributed by atoms with Gasteiger partial charge in [-0.15, -0.1) is 4.36 Å². The first-order chi connectivity index (χ1) is 2.81. The molecular formula is C3H5NOS. The molecule has 0 aromatic heterocycles. The van der Waals surface area contributed by atoms with Gasteiger partial charge in [-0.05, 0) is 0 Å². The van der Waals surface area contributed by atoms with Crippen LogP contribution >= 0.6 is 0 Å². The number of nitrogens with zero attached hydrogens (tertiary/aromatic N) is 1. The van der Waals surface area contributed by atoms with Crippen LogP contribution in [0.15, 0.2) is 4.36 Å². The summed E-state index contributed by atoms with van der Waals surface area (Å²) in [5.41, 5.74) is 0. The predicted octanol–water partition coefficient (Wildman–Crippen LogP) is 0.653. The lowest BCUT2D eigenvalue weighted by Crippen LogP contribution is -1.83. The first kappa shape index (κ1) is 5.69. The first-order valence-electron chi connectivity index (χ1n) is 1.67. The second kappa shape index (κ2) is 2.90. The summed E-state index contributed by atoms with van der Waals surface area (Å²) in [5, 5.41) is 0. The molecule has 0 aliphatic heterocycles. The number of carbonyl (C=O) groups is 1. The molecule has 0 aromatic rings. The van der Waals surface area contributed by atoms with Crippen molar-refractivity contribution in [2.24, 2.45) is 4.36 Å². The van der Waals surface area contributed by atoms with Crippen molar-refractivity contribution < 1.29 is 4.79 Å². The zero-order chi connectivity index (χ0) is 4.99. The summed E-state index contributed by atoms with van der Waals surface area (Å²) in [6.45, 7) is 1.72. The van der Waals surface area contributed by atoms with E-state index in [1.54, 1.807) is 6.92 Å². The fourth-order valence-corrected chi connectivity index (χ4v) is 0.194. The molecule has 0 bridgehead atoms. The maximum absolute atomic E-state index is 9.91. The molecule has 0 aromatic carbocycles. The van der Waals surface area contributed by atoms with Crippen LogP contribution in [-0.4, -0.2) is 5.91 Å².